The van der Waals surface area contributed by atoms with Crippen molar-refractivity contribution in [3.63, 3.8) is 0 Å². The largest absolute Gasteiger partial charge is 0.350 e. The molecule has 22 heavy (non-hydrogen) atoms. The van der Waals surface area contributed by atoms with Crippen molar-refractivity contribution in [2.24, 2.45) is 5.92 Å². The van der Waals surface area contributed by atoms with Crippen molar-refractivity contribution in [3.05, 3.63) is 41.4 Å². The lowest BCUT2D eigenvalue weighted by molar-refractivity contribution is -0.126. The Morgan fingerprint density at radius 2 is 2.18 bits per heavy atom. The zero-order chi connectivity index (χ0) is 15.6. The summed E-state index contributed by atoms with van der Waals surface area (Å²) in [4.78, 5) is 16.9. The summed E-state index contributed by atoms with van der Waals surface area (Å²) in [5.74, 6) is 0.143. The van der Waals surface area contributed by atoms with Crippen molar-refractivity contribution >= 4 is 17.2 Å². The molecule has 2 aromatic rings. The van der Waals surface area contributed by atoms with Gasteiger partial charge in [0.2, 0.25) is 5.91 Å². The number of nitrogens with zero attached hydrogens (tertiary/aromatic N) is 1. The fourth-order valence-corrected chi connectivity index (χ4v) is 3.71. The molecule has 1 aromatic heterocycles. The van der Waals surface area contributed by atoms with Gasteiger partial charge in [0.15, 0.2) is 0 Å². The van der Waals surface area contributed by atoms with Gasteiger partial charge in [-0.3, -0.25) is 4.79 Å². The maximum Gasteiger partial charge on any atom is 0.225 e. The average Bonchev–Trinajstić information content (AvgIpc) is 3.12. The number of benzene rings is 1. The quantitative estimate of drug-likeness (QED) is 0.912. The molecule has 5 heteroatoms. The number of carbonyl (C=O) groups excluding carboxylic acids is 1. The predicted octanol–water partition coefficient (Wildman–Crippen LogP) is 2.81. The minimum atomic E-state index is -0.124. The Kier molecular flexibility index (Phi) is 4.27. The van der Waals surface area contributed by atoms with Gasteiger partial charge in [0.25, 0.3) is 0 Å². The minimum absolute atomic E-state index is 0.0275. The van der Waals surface area contributed by atoms with Crippen LogP contribution in [0.3, 0.4) is 0 Å². The molecular formula is C17H21N3OS. The topological polar surface area (TPSA) is 54.0 Å². The highest BCUT2D eigenvalue weighted by atomic mass is 32.1. The van der Waals surface area contributed by atoms with Crippen molar-refractivity contribution in [1.29, 1.82) is 0 Å². The van der Waals surface area contributed by atoms with Gasteiger partial charge in [0.05, 0.1) is 18.2 Å². The number of thiazole rings is 1. The molecule has 1 aromatic carbocycles. The normalized spacial score (nSPS) is 20.0. The number of carbonyl (C=O) groups is 1. The minimum Gasteiger partial charge on any atom is -0.350 e. The van der Waals surface area contributed by atoms with Gasteiger partial charge in [0.1, 0.15) is 5.01 Å². The molecule has 1 fully saturated rings. The van der Waals surface area contributed by atoms with E-state index in [4.69, 9.17) is 0 Å². The van der Waals surface area contributed by atoms with E-state index in [1.165, 1.54) is 0 Å². The number of aromatic nitrogens is 1. The summed E-state index contributed by atoms with van der Waals surface area (Å²) in [6, 6.07) is 10.1. The number of amides is 1. The van der Waals surface area contributed by atoms with Gasteiger partial charge in [-0.2, -0.15) is 0 Å². The van der Waals surface area contributed by atoms with Crippen LogP contribution in [0.2, 0.25) is 0 Å². The summed E-state index contributed by atoms with van der Waals surface area (Å²) in [6.45, 7) is 5.57. The maximum atomic E-state index is 12.3. The van der Waals surface area contributed by atoms with Crippen LogP contribution in [-0.2, 0) is 11.3 Å². The van der Waals surface area contributed by atoms with Crippen molar-refractivity contribution < 1.29 is 4.79 Å². The molecule has 1 atom stereocenters. The van der Waals surface area contributed by atoms with E-state index in [9.17, 15) is 4.79 Å². The van der Waals surface area contributed by atoms with E-state index in [0.29, 0.717) is 6.54 Å². The molecule has 116 valence electrons. The van der Waals surface area contributed by atoms with Crippen LogP contribution < -0.4 is 10.6 Å². The van der Waals surface area contributed by atoms with Gasteiger partial charge < -0.3 is 10.6 Å². The Labute approximate surface area is 135 Å². The lowest BCUT2D eigenvalue weighted by Crippen LogP contribution is -2.45. The number of hydrogen-bond donors (Lipinski definition) is 2. The lowest BCUT2D eigenvalue weighted by atomic mass is 9.88. The van der Waals surface area contributed by atoms with Crippen molar-refractivity contribution in [2.75, 3.05) is 6.54 Å². The number of rotatable bonds is 4. The van der Waals surface area contributed by atoms with Gasteiger partial charge in [-0.05, 0) is 26.8 Å². The summed E-state index contributed by atoms with van der Waals surface area (Å²) < 4.78 is 0. The predicted molar refractivity (Wildman–Crippen MR) is 89.6 cm³/mol. The second-order valence-electron chi connectivity index (χ2n) is 6.22. The average molecular weight is 315 g/mol. The highest BCUT2D eigenvalue weighted by Gasteiger charge is 2.38. The molecule has 3 rings (SSSR count). The molecule has 0 spiro atoms. The first-order valence-electron chi connectivity index (χ1n) is 7.59. The van der Waals surface area contributed by atoms with Crippen LogP contribution >= 0.6 is 11.3 Å². The first-order chi connectivity index (χ1) is 10.6. The van der Waals surface area contributed by atoms with Crippen LogP contribution in [0.5, 0.6) is 0 Å². The molecule has 1 saturated heterocycles. The van der Waals surface area contributed by atoms with Gasteiger partial charge in [-0.1, -0.05) is 30.3 Å². The smallest absolute Gasteiger partial charge is 0.225 e. The zero-order valence-electron chi connectivity index (χ0n) is 12.9. The van der Waals surface area contributed by atoms with E-state index < -0.39 is 0 Å². The summed E-state index contributed by atoms with van der Waals surface area (Å²) in [5, 5.41) is 9.41. The molecule has 0 saturated carbocycles. The second kappa shape index (κ2) is 6.18. The van der Waals surface area contributed by atoms with E-state index in [1.807, 2.05) is 35.7 Å². The fraction of sp³-hybridized carbons (Fsp3) is 0.412. The van der Waals surface area contributed by atoms with E-state index in [1.54, 1.807) is 11.3 Å². The van der Waals surface area contributed by atoms with Crippen LogP contribution in [0, 0.1) is 5.92 Å². The van der Waals surface area contributed by atoms with Gasteiger partial charge in [-0.25, -0.2) is 4.98 Å². The monoisotopic (exact) mass is 315 g/mol. The summed E-state index contributed by atoms with van der Waals surface area (Å²) in [5.41, 5.74) is 1.91. The van der Waals surface area contributed by atoms with Gasteiger partial charge >= 0.3 is 0 Å². The van der Waals surface area contributed by atoms with Crippen LogP contribution in [0.1, 0.15) is 26.0 Å². The van der Waals surface area contributed by atoms with Crippen molar-refractivity contribution in [2.45, 2.75) is 32.4 Å². The Morgan fingerprint density at radius 3 is 2.86 bits per heavy atom. The summed E-state index contributed by atoms with van der Waals surface area (Å²) >= 11 is 1.61. The van der Waals surface area contributed by atoms with Crippen LogP contribution in [0.25, 0.3) is 10.6 Å². The summed E-state index contributed by atoms with van der Waals surface area (Å²) in [7, 11) is 0. The van der Waals surface area contributed by atoms with E-state index in [2.05, 4.69) is 29.5 Å². The number of hydrogen-bond acceptors (Lipinski definition) is 4. The second-order valence-corrected chi connectivity index (χ2v) is 7.08. The molecule has 1 amide bonds. The third kappa shape index (κ3) is 3.20. The Balaban J connectivity index is 1.61. The van der Waals surface area contributed by atoms with Gasteiger partial charge in [0, 0.05) is 16.5 Å². The highest BCUT2D eigenvalue weighted by molar-refractivity contribution is 7.13. The molecule has 0 bridgehead atoms. The molecule has 4 nitrogen and oxygen atoms in total. The van der Waals surface area contributed by atoms with Crippen LogP contribution in [-0.4, -0.2) is 23.0 Å². The molecule has 1 unspecified atom stereocenters. The molecule has 0 aliphatic carbocycles. The van der Waals surface area contributed by atoms with E-state index in [0.717, 1.165) is 29.2 Å². The number of nitrogens with one attached hydrogen (secondary N) is 2. The third-order valence-electron chi connectivity index (χ3n) is 4.22. The van der Waals surface area contributed by atoms with Crippen molar-refractivity contribution in [1.82, 2.24) is 15.6 Å². The highest BCUT2D eigenvalue weighted by Crippen LogP contribution is 2.26. The molecular weight excluding hydrogens is 294 g/mol. The van der Waals surface area contributed by atoms with Gasteiger partial charge in [-0.15, -0.1) is 11.3 Å². The zero-order valence-corrected chi connectivity index (χ0v) is 13.7. The molecule has 1 aliphatic rings. The fourth-order valence-electron chi connectivity index (χ4n) is 2.88. The molecule has 2 N–H and O–H groups in total. The SMILES string of the molecule is CC1(C)NCCC1C(=O)NCc1csc(-c2ccccc2)n1. The summed E-state index contributed by atoms with van der Waals surface area (Å²) in [6.07, 6.45) is 0.894. The third-order valence-corrected chi connectivity index (χ3v) is 5.16. The maximum absolute atomic E-state index is 12.3. The first-order valence-corrected chi connectivity index (χ1v) is 8.47. The Bertz CT molecular complexity index is 651. The molecule has 1 aliphatic heterocycles. The Hall–Kier alpha value is -1.72. The lowest BCUT2D eigenvalue weighted by Gasteiger charge is -2.25. The van der Waals surface area contributed by atoms with E-state index in [-0.39, 0.29) is 17.4 Å². The standard InChI is InChI=1S/C17H21N3OS/c1-17(2)14(8-9-19-17)15(21)18-10-13-11-22-16(20-13)12-6-4-3-5-7-12/h3-7,11,14,19H,8-10H2,1-2H3,(H,18,21). The van der Waals surface area contributed by atoms with Crippen molar-refractivity contribution in [3.8, 4) is 10.6 Å². The van der Waals surface area contributed by atoms with E-state index >= 15 is 0 Å². The van der Waals surface area contributed by atoms with Crippen LogP contribution in [0.4, 0.5) is 0 Å². The molecule has 2 heterocycles. The Morgan fingerprint density at radius 1 is 1.41 bits per heavy atom. The van der Waals surface area contributed by atoms with Crippen LogP contribution in [0.15, 0.2) is 35.7 Å². The molecule has 0 radical (unpaired) electrons. The first kappa shape index (κ1) is 15.2.